The molecule has 1 aromatic rings. The first-order valence-corrected chi connectivity index (χ1v) is 8.56. The average molecular weight is 346 g/mol. The van der Waals surface area contributed by atoms with Gasteiger partial charge in [-0.2, -0.15) is 0 Å². The Bertz CT molecular complexity index is 702. The molecular formula is C17H22N4O4. The molecule has 134 valence electrons. The van der Waals surface area contributed by atoms with E-state index in [9.17, 15) is 19.7 Å². The number of nitrogens with one attached hydrogen (secondary N) is 1. The van der Waals surface area contributed by atoms with Gasteiger partial charge in [0.05, 0.1) is 4.92 Å². The van der Waals surface area contributed by atoms with Crippen LogP contribution >= 0.6 is 0 Å². The molecule has 0 bridgehead atoms. The fraction of sp³-hybridized carbons (Fsp3) is 0.529. The molecule has 8 heteroatoms. The summed E-state index contributed by atoms with van der Waals surface area (Å²) in [5.41, 5.74) is 5.98. The minimum Gasteiger partial charge on any atom is -0.370 e. The van der Waals surface area contributed by atoms with E-state index in [1.54, 1.807) is 12.1 Å². The van der Waals surface area contributed by atoms with Crippen LogP contribution in [0.2, 0.25) is 0 Å². The molecule has 3 N–H and O–H groups in total. The maximum absolute atomic E-state index is 12.1. The number of benzene rings is 1. The van der Waals surface area contributed by atoms with Gasteiger partial charge in [0.1, 0.15) is 5.69 Å². The van der Waals surface area contributed by atoms with E-state index in [1.807, 2.05) is 4.90 Å². The van der Waals surface area contributed by atoms with Crippen LogP contribution < -0.4 is 16.0 Å². The van der Waals surface area contributed by atoms with Crippen molar-refractivity contribution in [2.75, 3.05) is 18.0 Å². The molecule has 1 aromatic carbocycles. The summed E-state index contributed by atoms with van der Waals surface area (Å²) >= 11 is 0. The lowest BCUT2D eigenvalue weighted by Gasteiger charge is -2.33. The summed E-state index contributed by atoms with van der Waals surface area (Å²) in [5, 5.41) is 14.3. The van der Waals surface area contributed by atoms with Crippen molar-refractivity contribution >= 4 is 23.2 Å². The summed E-state index contributed by atoms with van der Waals surface area (Å²) in [5.74, 6) is -0.528. The van der Waals surface area contributed by atoms with Gasteiger partial charge < -0.3 is 16.0 Å². The molecule has 0 radical (unpaired) electrons. The normalized spacial score (nSPS) is 20.2. The average Bonchev–Trinajstić information content (AvgIpc) is 3.37. The smallest absolute Gasteiger partial charge is 0.293 e. The molecule has 1 aliphatic carbocycles. The summed E-state index contributed by atoms with van der Waals surface area (Å²) in [7, 11) is 0. The Morgan fingerprint density at radius 1 is 1.32 bits per heavy atom. The Morgan fingerprint density at radius 3 is 2.72 bits per heavy atom. The molecule has 2 amide bonds. The molecule has 1 saturated carbocycles. The Hall–Kier alpha value is -2.64. The summed E-state index contributed by atoms with van der Waals surface area (Å²) in [4.78, 5) is 36.2. The molecule has 1 aliphatic heterocycles. The van der Waals surface area contributed by atoms with E-state index in [1.165, 1.54) is 6.07 Å². The number of anilines is 1. The summed E-state index contributed by atoms with van der Waals surface area (Å²) in [6, 6.07) is 4.79. The molecule has 1 atom stereocenters. The zero-order valence-corrected chi connectivity index (χ0v) is 13.9. The van der Waals surface area contributed by atoms with E-state index in [4.69, 9.17) is 5.73 Å². The van der Waals surface area contributed by atoms with E-state index in [0.29, 0.717) is 24.3 Å². The Labute approximate surface area is 145 Å². The Balaban J connectivity index is 1.80. The zero-order chi connectivity index (χ0) is 18.0. The SMILES string of the molecule is NC(=O)CC1CCCN(c2ccc(C(=O)NC3CC3)cc2[N+](=O)[O-])C1. The monoisotopic (exact) mass is 346 g/mol. The van der Waals surface area contributed by atoms with E-state index in [0.717, 1.165) is 25.7 Å². The van der Waals surface area contributed by atoms with Crippen LogP contribution in [0.5, 0.6) is 0 Å². The quantitative estimate of drug-likeness (QED) is 0.599. The minimum absolute atomic E-state index is 0.0804. The van der Waals surface area contributed by atoms with E-state index >= 15 is 0 Å². The second-order valence-corrected chi connectivity index (χ2v) is 6.83. The van der Waals surface area contributed by atoms with Gasteiger partial charge in [0.2, 0.25) is 5.91 Å². The number of nitro benzene ring substituents is 1. The number of amides is 2. The molecule has 2 fully saturated rings. The summed E-state index contributed by atoms with van der Waals surface area (Å²) < 4.78 is 0. The first kappa shape index (κ1) is 17.2. The van der Waals surface area contributed by atoms with Crippen molar-refractivity contribution in [2.45, 2.75) is 38.1 Å². The second kappa shape index (κ2) is 7.08. The second-order valence-electron chi connectivity index (χ2n) is 6.83. The number of carbonyl (C=O) groups is 2. The summed E-state index contributed by atoms with van der Waals surface area (Å²) in [6.07, 6.45) is 3.93. The third-order valence-electron chi connectivity index (χ3n) is 4.70. The minimum atomic E-state index is -0.457. The van der Waals surface area contributed by atoms with Gasteiger partial charge in [-0.1, -0.05) is 0 Å². The van der Waals surface area contributed by atoms with Crippen molar-refractivity contribution in [2.24, 2.45) is 11.7 Å². The largest absolute Gasteiger partial charge is 0.370 e. The fourth-order valence-corrected chi connectivity index (χ4v) is 3.31. The molecule has 1 saturated heterocycles. The molecule has 0 aromatic heterocycles. The van der Waals surface area contributed by atoms with Crippen molar-refractivity contribution in [1.29, 1.82) is 0 Å². The number of hydrogen-bond donors (Lipinski definition) is 2. The fourth-order valence-electron chi connectivity index (χ4n) is 3.31. The summed E-state index contributed by atoms with van der Waals surface area (Å²) in [6.45, 7) is 1.24. The van der Waals surface area contributed by atoms with Crippen LogP contribution in [-0.4, -0.2) is 35.9 Å². The van der Waals surface area contributed by atoms with Crippen molar-refractivity contribution < 1.29 is 14.5 Å². The highest BCUT2D eigenvalue weighted by Gasteiger charge is 2.28. The van der Waals surface area contributed by atoms with Gasteiger partial charge in [-0.05, 0) is 43.7 Å². The van der Waals surface area contributed by atoms with Crippen LogP contribution in [0.3, 0.4) is 0 Å². The molecule has 0 spiro atoms. The zero-order valence-electron chi connectivity index (χ0n) is 13.9. The van der Waals surface area contributed by atoms with Gasteiger partial charge in [-0.3, -0.25) is 19.7 Å². The van der Waals surface area contributed by atoms with Crippen LogP contribution in [0.4, 0.5) is 11.4 Å². The van der Waals surface area contributed by atoms with Crippen LogP contribution in [0, 0.1) is 16.0 Å². The standard InChI is InChI=1S/C17H22N4O4/c18-16(22)8-11-2-1-7-20(10-11)14-6-3-12(9-15(14)21(24)25)17(23)19-13-4-5-13/h3,6,9,11,13H,1-2,4-5,7-8,10H2,(H2,18,22)(H,19,23). The van der Waals surface area contributed by atoms with Gasteiger partial charge in [0.15, 0.2) is 0 Å². The molecule has 3 rings (SSSR count). The molecule has 8 nitrogen and oxygen atoms in total. The number of primary amides is 1. The number of hydrogen-bond acceptors (Lipinski definition) is 5. The van der Waals surface area contributed by atoms with Gasteiger partial charge in [-0.15, -0.1) is 0 Å². The maximum Gasteiger partial charge on any atom is 0.293 e. The molecule has 1 heterocycles. The molecule has 1 unspecified atom stereocenters. The highest BCUT2D eigenvalue weighted by Crippen LogP contribution is 2.33. The first-order chi connectivity index (χ1) is 11.9. The van der Waals surface area contributed by atoms with E-state index in [-0.39, 0.29) is 35.9 Å². The lowest BCUT2D eigenvalue weighted by molar-refractivity contribution is -0.384. The van der Waals surface area contributed by atoms with Gasteiger partial charge >= 0.3 is 0 Å². The van der Waals surface area contributed by atoms with E-state index < -0.39 is 4.92 Å². The van der Waals surface area contributed by atoms with Crippen LogP contribution in [0.25, 0.3) is 0 Å². The van der Waals surface area contributed by atoms with Crippen LogP contribution in [0.1, 0.15) is 42.5 Å². The Kier molecular flexibility index (Phi) is 4.87. The maximum atomic E-state index is 12.1. The van der Waals surface area contributed by atoms with Gasteiger partial charge in [-0.25, -0.2) is 0 Å². The first-order valence-electron chi connectivity index (χ1n) is 8.56. The predicted octanol–water partition coefficient (Wildman–Crippen LogP) is 1.58. The van der Waals surface area contributed by atoms with E-state index in [2.05, 4.69) is 5.32 Å². The third kappa shape index (κ3) is 4.26. The highest BCUT2D eigenvalue weighted by atomic mass is 16.6. The lowest BCUT2D eigenvalue weighted by atomic mass is 9.94. The lowest BCUT2D eigenvalue weighted by Crippen LogP contribution is -2.37. The predicted molar refractivity (Wildman–Crippen MR) is 92.3 cm³/mol. The van der Waals surface area contributed by atoms with Crippen LogP contribution in [-0.2, 0) is 4.79 Å². The number of nitro groups is 1. The van der Waals surface area contributed by atoms with Gasteiger partial charge in [0.25, 0.3) is 11.6 Å². The van der Waals surface area contributed by atoms with Gasteiger partial charge in [0, 0.05) is 37.2 Å². The number of nitrogens with zero attached hydrogens (tertiary/aromatic N) is 2. The van der Waals surface area contributed by atoms with Crippen molar-refractivity contribution in [3.05, 3.63) is 33.9 Å². The molecule has 2 aliphatic rings. The third-order valence-corrected chi connectivity index (χ3v) is 4.70. The van der Waals surface area contributed by atoms with Crippen molar-refractivity contribution in [3.63, 3.8) is 0 Å². The number of rotatable bonds is 6. The van der Waals surface area contributed by atoms with Crippen molar-refractivity contribution in [3.8, 4) is 0 Å². The number of carbonyl (C=O) groups excluding carboxylic acids is 2. The topological polar surface area (TPSA) is 119 Å². The number of nitrogens with two attached hydrogens (primary N) is 1. The molecule has 25 heavy (non-hydrogen) atoms. The Morgan fingerprint density at radius 2 is 2.08 bits per heavy atom. The molecular weight excluding hydrogens is 324 g/mol. The highest BCUT2D eigenvalue weighted by molar-refractivity contribution is 5.96. The number of piperidine rings is 1. The van der Waals surface area contributed by atoms with Crippen molar-refractivity contribution in [1.82, 2.24) is 5.32 Å². The van der Waals surface area contributed by atoms with Crippen LogP contribution in [0.15, 0.2) is 18.2 Å².